The highest BCUT2D eigenvalue weighted by molar-refractivity contribution is 6.01. The van der Waals surface area contributed by atoms with Crippen LogP contribution in [0.4, 0.5) is 5.69 Å². The number of hydrogen-bond donors (Lipinski definition) is 2. The van der Waals surface area contributed by atoms with E-state index in [1.54, 1.807) is 16.9 Å². The van der Waals surface area contributed by atoms with Crippen LogP contribution in [0.15, 0.2) is 18.5 Å². The van der Waals surface area contributed by atoms with Crippen molar-refractivity contribution in [1.29, 1.82) is 0 Å². The summed E-state index contributed by atoms with van der Waals surface area (Å²) in [7, 11) is 0. The van der Waals surface area contributed by atoms with E-state index in [1.807, 2.05) is 13.8 Å². The molecule has 0 saturated carbocycles. The van der Waals surface area contributed by atoms with Crippen molar-refractivity contribution >= 4 is 28.6 Å². The lowest BCUT2D eigenvalue weighted by Gasteiger charge is -2.07. The van der Waals surface area contributed by atoms with E-state index in [0.29, 0.717) is 5.69 Å². The van der Waals surface area contributed by atoms with E-state index in [-0.39, 0.29) is 6.04 Å². The van der Waals surface area contributed by atoms with Crippen LogP contribution in [0.2, 0.25) is 0 Å². The Balaban J connectivity index is 2.23. The van der Waals surface area contributed by atoms with Gasteiger partial charge in [-0.1, -0.05) is 0 Å². The van der Waals surface area contributed by atoms with E-state index in [1.165, 1.54) is 6.20 Å². The summed E-state index contributed by atoms with van der Waals surface area (Å²) < 4.78 is 1.78. The molecular formula is C12H14N4O3. The number of carbonyl (C=O) groups excluding carboxylic acids is 1. The Labute approximate surface area is 109 Å². The highest BCUT2D eigenvalue weighted by Gasteiger charge is 2.11. The molecule has 7 heteroatoms. The zero-order chi connectivity index (χ0) is 14.0. The molecular weight excluding hydrogens is 248 g/mol. The van der Waals surface area contributed by atoms with E-state index in [0.717, 1.165) is 11.0 Å². The highest BCUT2D eigenvalue weighted by atomic mass is 16.4. The molecule has 0 unspecified atom stereocenters. The largest absolute Gasteiger partial charge is 0.481 e. The number of nitrogens with zero attached hydrogens (tertiary/aromatic N) is 3. The minimum Gasteiger partial charge on any atom is -0.481 e. The predicted molar refractivity (Wildman–Crippen MR) is 68.8 cm³/mol. The fraction of sp³-hybridized carbons (Fsp3) is 0.333. The molecule has 100 valence electrons. The summed E-state index contributed by atoms with van der Waals surface area (Å²) in [5.74, 6) is -1.75. The van der Waals surface area contributed by atoms with Gasteiger partial charge in [-0.3, -0.25) is 9.59 Å². The maximum absolute atomic E-state index is 11.3. The van der Waals surface area contributed by atoms with Crippen molar-refractivity contribution in [3.05, 3.63) is 18.5 Å². The zero-order valence-corrected chi connectivity index (χ0v) is 10.6. The van der Waals surface area contributed by atoms with Gasteiger partial charge in [0.2, 0.25) is 5.91 Å². The Morgan fingerprint density at radius 3 is 2.79 bits per heavy atom. The van der Waals surface area contributed by atoms with Crippen molar-refractivity contribution in [2.24, 2.45) is 0 Å². The van der Waals surface area contributed by atoms with Gasteiger partial charge in [0.05, 0.1) is 18.1 Å². The minimum atomic E-state index is -1.17. The number of amides is 1. The van der Waals surface area contributed by atoms with Gasteiger partial charge in [0, 0.05) is 11.4 Å². The number of carboxylic acids is 1. The molecule has 0 fully saturated rings. The Morgan fingerprint density at radius 1 is 1.42 bits per heavy atom. The Bertz CT molecular complexity index is 633. The third-order valence-electron chi connectivity index (χ3n) is 2.52. The van der Waals surface area contributed by atoms with Gasteiger partial charge in [0.15, 0.2) is 5.65 Å². The minimum absolute atomic E-state index is 0.192. The smallest absolute Gasteiger partial charge is 0.312 e. The van der Waals surface area contributed by atoms with Crippen LogP contribution in [0, 0.1) is 0 Å². The lowest BCUT2D eigenvalue weighted by molar-refractivity contribution is -0.139. The number of rotatable bonds is 4. The Hall–Kier alpha value is -2.44. The number of aliphatic carboxylic acids is 1. The van der Waals surface area contributed by atoms with Crippen LogP contribution in [-0.2, 0) is 9.59 Å². The average molecular weight is 262 g/mol. The van der Waals surface area contributed by atoms with Crippen molar-refractivity contribution < 1.29 is 14.7 Å². The second-order valence-corrected chi connectivity index (χ2v) is 4.44. The molecule has 2 rings (SSSR count). The maximum atomic E-state index is 11.3. The van der Waals surface area contributed by atoms with Gasteiger partial charge in [0.1, 0.15) is 6.42 Å². The average Bonchev–Trinajstić information content (AvgIpc) is 2.70. The maximum Gasteiger partial charge on any atom is 0.312 e. The summed E-state index contributed by atoms with van der Waals surface area (Å²) in [6, 6.07) is 1.91. The second kappa shape index (κ2) is 5.05. The fourth-order valence-electron chi connectivity index (χ4n) is 1.73. The number of nitrogens with one attached hydrogen (secondary N) is 1. The third kappa shape index (κ3) is 2.87. The van der Waals surface area contributed by atoms with Crippen molar-refractivity contribution in [3.8, 4) is 0 Å². The summed E-state index contributed by atoms with van der Waals surface area (Å²) >= 11 is 0. The molecule has 2 aromatic heterocycles. The summed E-state index contributed by atoms with van der Waals surface area (Å²) in [5, 5.41) is 16.0. The first kappa shape index (κ1) is 13.0. The van der Waals surface area contributed by atoms with Crippen LogP contribution in [0.25, 0.3) is 11.0 Å². The molecule has 0 aliphatic carbocycles. The molecule has 0 aliphatic rings. The van der Waals surface area contributed by atoms with E-state index in [4.69, 9.17) is 5.11 Å². The van der Waals surface area contributed by atoms with Crippen molar-refractivity contribution in [2.45, 2.75) is 26.3 Å². The first-order chi connectivity index (χ1) is 8.97. The quantitative estimate of drug-likeness (QED) is 0.812. The molecule has 7 nitrogen and oxygen atoms in total. The summed E-state index contributed by atoms with van der Waals surface area (Å²) in [6.45, 7) is 3.99. The molecule has 1 amide bonds. The van der Waals surface area contributed by atoms with E-state index < -0.39 is 18.3 Å². The molecule has 0 radical (unpaired) electrons. The van der Waals surface area contributed by atoms with Gasteiger partial charge >= 0.3 is 5.97 Å². The van der Waals surface area contributed by atoms with Crippen LogP contribution in [0.1, 0.15) is 26.3 Å². The Kier molecular flexibility index (Phi) is 3.46. The van der Waals surface area contributed by atoms with Crippen LogP contribution in [0.5, 0.6) is 0 Å². The van der Waals surface area contributed by atoms with Crippen molar-refractivity contribution in [1.82, 2.24) is 14.8 Å². The second-order valence-electron chi connectivity index (χ2n) is 4.44. The van der Waals surface area contributed by atoms with Gasteiger partial charge < -0.3 is 10.4 Å². The molecule has 0 spiro atoms. The number of fused-ring (bicyclic) bond motifs is 1. The van der Waals surface area contributed by atoms with Crippen molar-refractivity contribution in [2.75, 3.05) is 5.32 Å². The molecule has 0 atom stereocenters. The van der Waals surface area contributed by atoms with Crippen LogP contribution >= 0.6 is 0 Å². The SMILES string of the molecule is CC(C)n1ncc2cc(NC(=O)CC(=O)O)cnc21. The first-order valence-electron chi connectivity index (χ1n) is 5.82. The number of pyridine rings is 1. The van der Waals surface area contributed by atoms with Gasteiger partial charge in [0.25, 0.3) is 0 Å². The number of aromatic nitrogens is 3. The van der Waals surface area contributed by atoms with E-state index in [2.05, 4.69) is 15.4 Å². The van der Waals surface area contributed by atoms with Gasteiger partial charge in [-0.25, -0.2) is 9.67 Å². The molecule has 0 aliphatic heterocycles. The van der Waals surface area contributed by atoms with E-state index in [9.17, 15) is 9.59 Å². The lowest BCUT2D eigenvalue weighted by Crippen LogP contribution is -2.16. The van der Waals surface area contributed by atoms with Gasteiger partial charge in [-0.05, 0) is 19.9 Å². The molecule has 2 heterocycles. The van der Waals surface area contributed by atoms with Crippen LogP contribution < -0.4 is 5.32 Å². The standard InChI is InChI=1S/C12H14N4O3/c1-7(2)16-12-8(5-14-16)3-9(6-13-12)15-10(17)4-11(18)19/h3,5-7H,4H2,1-2H3,(H,15,17)(H,18,19). The molecule has 2 N–H and O–H groups in total. The van der Waals surface area contributed by atoms with E-state index >= 15 is 0 Å². The van der Waals surface area contributed by atoms with Crippen LogP contribution in [0.3, 0.4) is 0 Å². The van der Waals surface area contributed by atoms with Gasteiger partial charge in [-0.2, -0.15) is 5.10 Å². The monoisotopic (exact) mass is 262 g/mol. The predicted octanol–water partition coefficient (Wildman–Crippen LogP) is 1.43. The Morgan fingerprint density at radius 2 is 2.16 bits per heavy atom. The lowest BCUT2D eigenvalue weighted by atomic mass is 10.3. The van der Waals surface area contributed by atoms with Gasteiger partial charge in [-0.15, -0.1) is 0 Å². The highest BCUT2D eigenvalue weighted by Crippen LogP contribution is 2.19. The number of carbonyl (C=O) groups is 2. The first-order valence-corrected chi connectivity index (χ1v) is 5.82. The number of anilines is 1. The fourth-order valence-corrected chi connectivity index (χ4v) is 1.73. The molecule has 19 heavy (non-hydrogen) atoms. The topological polar surface area (TPSA) is 97.1 Å². The summed E-state index contributed by atoms with van der Waals surface area (Å²) in [5.41, 5.74) is 1.19. The summed E-state index contributed by atoms with van der Waals surface area (Å²) in [6.07, 6.45) is 2.58. The third-order valence-corrected chi connectivity index (χ3v) is 2.52. The number of carboxylic acid groups (broad SMARTS) is 1. The van der Waals surface area contributed by atoms with Crippen molar-refractivity contribution in [3.63, 3.8) is 0 Å². The normalized spacial score (nSPS) is 10.9. The zero-order valence-electron chi connectivity index (χ0n) is 10.6. The molecule has 0 aromatic carbocycles. The number of hydrogen-bond acceptors (Lipinski definition) is 4. The van der Waals surface area contributed by atoms with Crippen LogP contribution in [-0.4, -0.2) is 31.7 Å². The molecule has 2 aromatic rings. The molecule has 0 bridgehead atoms. The summed E-state index contributed by atoms with van der Waals surface area (Å²) in [4.78, 5) is 26.0. The molecule has 0 saturated heterocycles.